The van der Waals surface area contributed by atoms with Crippen LogP contribution in [0.3, 0.4) is 0 Å². The first kappa shape index (κ1) is 82.7. The molecule has 0 unspecified atom stereocenters. The van der Waals surface area contributed by atoms with Gasteiger partial charge in [0.1, 0.15) is 36.6 Å². The van der Waals surface area contributed by atoms with Gasteiger partial charge in [0.05, 0.1) is 79.3 Å². The lowest BCUT2D eigenvalue weighted by molar-refractivity contribution is -0.208. The quantitative estimate of drug-likeness (QED) is 0.0404. The number of rotatable bonds is 60. The third-order valence-electron chi connectivity index (χ3n) is 12.4. The van der Waals surface area contributed by atoms with E-state index in [1.165, 1.54) is 0 Å². The number of phosphoric acid groups is 6. The zero-order valence-electron chi connectivity index (χ0n) is 53.4. The van der Waals surface area contributed by atoms with E-state index in [4.69, 9.17) is 81.4 Å². The number of unbranched alkanes of at least 4 members (excludes halogenated alkanes) is 12. The smallest absolute Gasteiger partial charge is 0.287 e. The van der Waals surface area contributed by atoms with Crippen molar-refractivity contribution in [2.24, 2.45) is 0 Å². The number of hydrogen-bond acceptors (Lipinski definition) is 24. The van der Waals surface area contributed by atoms with Gasteiger partial charge in [-0.15, -0.1) is 0 Å². The molecular formula is C54H114O24P6. The predicted octanol–water partition coefficient (Wildman–Crippen LogP) is 18.8. The summed E-state index contributed by atoms with van der Waals surface area (Å²) in [6.45, 7) is 20.5. The summed E-state index contributed by atoms with van der Waals surface area (Å²) < 4.78 is 208. The molecule has 0 radical (unpaired) electrons. The summed E-state index contributed by atoms with van der Waals surface area (Å²) in [6.07, 6.45) is -2.16. The summed E-state index contributed by atoms with van der Waals surface area (Å²) in [5.74, 6) is 0. The molecule has 1 rings (SSSR count). The fourth-order valence-corrected chi connectivity index (χ4v) is 15.8. The molecule has 1 fully saturated rings. The van der Waals surface area contributed by atoms with Gasteiger partial charge in [0.25, 0.3) is 0 Å². The van der Waals surface area contributed by atoms with Crippen LogP contribution in [0, 0.1) is 0 Å². The van der Waals surface area contributed by atoms with Gasteiger partial charge in [-0.25, -0.2) is 27.4 Å². The van der Waals surface area contributed by atoms with Crippen LogP contribution in [0.1, 0.15) is 237 Å². The van der Waals surface area contributed by atoms with Gasteiger partial charge >= 0.3 is 46.9 Å². The predicted molar refractivity (Wildman–Crippen MR) is 325 cm³/mol. The van der Waals surface area contributed by atoms with E-state index in [2.05, 4.69) is 0 Å². The normalized spacial score (nSPS) is 19.4. The lowest BCUT2D eigenvalue weighted by Gasteiger charge is -2.50. The van der Waals surface area contributed by atoms with E-state index in [0.717, 1.165) is 0 Å². The first-order chi connectivity index (χ1) is 40.3. The van der Waals surface area contributed by atoms with Gasteiger partial charge in [-0.3, -0.25) is 81.4 Å². The summed E-state index contributed by atoms with van der Waals surface area (Å²) in [5.41, 5.74) is 0. The second-order valence-electron chi connectivity index (χ2n) is 20.3. The second kappa shape index (κ2) is 48.4. The molecule has 0 atom stereocenters. The third kappa shape index (κ3) is 34.4. The molecule has 0 aromatic heterocycles. The van der Waals surface area contributed by atoms with Crippen molar-refractivity contribution >= 4 is 46.9 Å². The molecule has 0 aliphatic heterocycles. The van der Waals surface area contributed by atoms with E-state index in [-0.39, 0.29) is 79.3 Å². The average molecular weight is 1330 g/mol. The molecule has 1 aliphatic carbocycles. The van der Waals surface area contributed by atoms with E-state index >= 15 is 27.4 Å². The minimum Gasteiger partial charge on any atom is -0.287 e. The van der Waals surface area contributed by atoms with Gasteiger partial charge in [-0.05, 0) is 77.0 Å². The highest BCUT2D eigenvalue weighted by molar-refractivity contribution is 7.50. The Kier molecular flexibility index (Phi) is 47.6. The lowest BCUT2D eigenvalue weighted by atomic mass is 9.85. The van der Waals surface area contributed by atoms with E-state index in [1.807, 2.05) is 83.1 Å². The van der Waals surface area contributed by atoms with Gasteiger partial charge in [0, 0.05) is 0 Å². The van der Waals surface area contributed by atoms with Gasteiger partial charge in [-0.1, -0.05) is 160 Å². The Balaban J connectivity index is 5.31. The molecule has 84 heavy (non-hydrogen) atoms. The number of hydrogen-bond donors (Lipinski definition) is 0. The first-order valence-electron chi connectivity index (χ1n) is 31.7. The molecule has 0 heterocycles. The molecule has 0 bridgehead atoms. The van der Waals surface area contributed by atoms with Crippen LogP contribution in [0.2, 0.25) is 0 Å². The zero-order valence-corrected chi connectivity index (χ0v) is 58.8. The minimum absolute atomic E-state index is 0.183. The van der Waals surface area contributed by atoms with Crippen LogP contribution >= 0.6 is 46.9 Å². The molecule has 0 aromatic carbocycles. The monoisotopic (exact) mass is 1330 g/mol. The number of phosphoric ester groups is 6. The fraction of sp³-hybridized carbons (Fsp3) is 1.00. The van der Waals surface area contributed by atoms with E-state index in [9.17, 15) is 0 Å². The Bertz CT molecular complexity index is 1490. The molecule has 0 N–H and O–H groups in total. The summed E-state index contributed by atoms with van der Waals surface area (Å²) in [7, 11) is -30.1. The molecule has 1 saturated carbocycles. The van der Waals surface area contributed by atoms with Gasteiger partial charge in [-0.2, -0.15) is 0 Å². The molecule has 0 amide bonds. The molecule has 30 heteroatoms. The maximum Gasteiger partial charge on any atom is 0.475 e. The zero-order chi connectivity index (χ0) is 62.6. The van der Waals surface area contributed by atoms with E-state index < -0.39 is 83.6 Å². The molecule has 1 aliphatic rings. The van der Waals surface area contributed by atoms with Crippen LogP contribution in [0.4, 0.5) is 0 Å². The summed E-state index contributed by atoms with van der Waals surface area (Å²) in [4.78, 5) is 0. The van der Waals surface area contributed by atoms with Crippen molar-refractivity contribution in [3.05, 3.63) is 0 Å². The molecule has 504 valence electrons. The lowest BCUT2D eigenvalue weighted by Crippen LogP contribution is -2.66. The Morgan fingerprint density at radius 3 is 0.333 bits per heavy atom. The Morgan fingerprint density at radius 2 is 0.262 bits per heavy atom. The topological polar surface area (TPSA) is 269 Å². The summed E-state index contributed by atoms with van der Waals surface area (Å²) in [6, 6.07) is 0. The summed E-state index contributed by atoms with van der Waals surface area (Å²) in [5, 5.41) is 0. The van der Waals surface area contributed by atoms with Gasteiger partial charge in [0.2, 0.25) is 0 Å². The fourth-order valence-electron chi connectivity index (χ4n) is 7.17. The molecule has 0 saturated heterocycles. The third-order valence-corrected chi connectivity index (χ3v) is 21.4. The highest BCUT2D eigenvalue weighted by Crippen LogP contribution is 2.66. The van der Waals surface area contributed by atoms with Crippen molar-refractivity contribution in [2.45, 2.75) is 274 Å². The Labute approximate surface area is 506 Å². The van der Waals surface area contributed by atoms with Gasteiger partial charge in [0.15, 0.2) is 0 Å². The van der Waals surface area contributed by atoms with Crippen LogP contribution in [-0.4, -0.2) is 116 Å². The van der Waals surface area contributed by atoms with Crippen LogP contribution in [0.5, 0.6) is 0 Å². The van der Waals surface area contributed by atoms with Crippen molar-refractivity contribution in [3.63, 3.8) is 0 Å². The molecular weight excluding hydrogens is 1220 g/mol. The standard InChI is InChI=1S/C54H114O24P6/c1-13-25-37-61-79(55,62-38-26-14-2)73-49-50(74-80(56,63-39-27-15-3)64-40-28-16-4)52(76-82(58,67-43-31-19-7)68-44-32-20-8)54(78-84(60,71-47-35-23-11)72-48-36-24-12)53(77-83(59,69-45-33-21-9)70-46-34-22-10)51(49)75-81(57,65-41-29-17-5)66-42-30-18-6/h49-54H,13-48H2,1-12H3. The molecule has 0 aromatic rings. The first-order valence-corrected chi connectivity index (χ1v) is 40.5. The van der Waals surface area contributed by atoms with Crippen molar-refractivity contribution in [3.8, 4) is 0 Å². The van der Waals surface area contributed by atoms with Gasteiger partial charge < -0.3 is 0 Å². The van der Waals surface area contributed by atoms with Crippen molar-refractivity contribution < 1.29 is 109 Å². The minimum atomic E-state index is -5.02. The van der Waals surface area contributed by atoms with Crippen LogP contribution in [0.15, 0.2) is 0 Å². The van der Waals surface area contributed by atoms with Crippen LogP contribution < -0.4 is 0 Å². The maximum atomic E-state index is 15.7. The summed E-state index contributed by atoms with van der Waals surface area (Å²) >= 11 is 0. The largest absolute Gasteiger partial charge is 0.475 e. The maximum absolute atomic E-state index is 15.7. The highest BCUT2D eigenvalue weighted by Gasteiger charge is 2.65. The van der Waals surface area contributed by atoms with Crippen molar-refractivity contribution in [1.82, 2.24) is 0 Å². The Morgan fingerprint density at radius 1 is 0.179 bits per heavy atom. The van der Waals surface area contributed by atoms with E-state index in [0.29, 0.717) is 154 Å². The Hall–Kier alpha value is 0.660. The van der Waals surface area contributed by atoms with Crippen molar-refractivity contribution in [2.75, 3.05) is 79.3 Å². The second-order valence-corrected chi connectivity index (χ2v) is 30.1. The van der Waals surface area contributed by atoms with Crippen LogP contribution in [-0.2, 0) is 109 Å². The SMILES string of the molecule is CCCCOP(=O)(OCCCC)OC1C(OP(=O)(OCCCC)OCCCC)C(OP(=O)(OCCCC)OCCCC)C(OP(=O)(OCCCC)OCCCC)C(OP(=O)(OCCCC)OCCCC)C1OP(=O)(OCCCC)OCCCC. The molecule has 24 nitrogen and oxygen atoms in total. The van der Waals surface area contributed by atoms with Crippen LogP contribution in [0.25, 0.3) is 0 Å². The molecule has 0 spiro atoms. The van der Waals surface area contributed by atoms with Crippen molar-refractivity contribution in [1.29, 1.82) is 0 Å². The average Bonchev–Trinajstić information content (AvgIpc) is 3.64. The highest BCUT2D eigenvalue weighted by atomic mass is 31.2. The van der Waals surface area contributed by atoms with E-state index in [1.54, 1.807) is 0 Å².